The van der Waals surface area contributed by atoms with Gasteiger partial charge in [0.1, 0.15) is 0 Å². The Balaban J connectivity index is 1.53. The van der Waals surface area contributed by atoms with Crippen molar-refractivity contribution < 1.29 is 23.2 Å². The number of rotatable bonds is 11. The van der Waals surface area contributed by atoms with Crippen molar-refractivity contribution in [2.75, 3.05) is 0 Å². The van der Waals surface area contributed by atoms with Crippen LogP contribution in [0.4, 0.5) is 13.2 Å². The first-order valence-corrected chi connectivity index (χ1v) is 10.0. The summed E-state index contributed by atoms with van der Waals surface area (Å²) in [5.41, 5.74) is 6.60. The highest BCUT2D eigenvalue weighted by atomic mass is 19.4. The minimum Gasteiger partial charge on any atom is -0.427 e. The monoisotopic (exact) mass is 385 g/mol. The molecule has 1 unspecified atom stereocenters. The molecule has 152 valence electrons. The maximum absolute atomic E-state index is 12.5. The summed E-state index contributed by atoms with van der Waals surface area (Å²) in [6, 6.07) is 5.70. The second-order valence-electron chi connectivity index (χ2n) is 7.97. The highest BCUT2D eigenvalue weighted by Gasteiger charge is 2.32. The Morgan fingerprint density at radius 1 is 1.04 bits per heavy atom. The quantitative estimate of drug-likeness (QED) is 0.390. The zero-order valence-electron chi connectivity index (χ0n) is 15.8. The van der Waals surface area contributed by atoms with Gasteiger partial charge in [0.05, 0.1) is 5.56 Å². The molecule has 0 aromatic heterocycles. The van der Waals surface area contributed by atoms with Crippen LogP contribution < -0.4 is 5.73 Å². The average molecular weight is 385 g/mol. The zero-order chi connectivity index (χ0) is 19.9. The topological polar surface area (TPSA) is 66.5 Å². The van der Waals surface area contributed by atoms with Crippen LogP contribution in [-0.2, 0) is 12.6 Å². The van der Waals surface area contributed by atoms with E-state index in [2.05, 4.69) is 0 Å². The van der Waals surface area contributed by atoms with Crippen LogP contribution in [0.5, 0.6) is 0 Å². The molecule has 0 heterocycles. The Bertz CT molecular complexity index is 545. The number of alkyl halides is 3. The fourth-order valence-corrected chi connectivity index (χ4v) is 3.94. The fourth-order valence-electron chi connectivity index (χ4n) is 3.94. The minimum atomic E-state index is -4.26. The van der Waals surface area contributed by atoms with Crippen molar-refractivity contribution in [1.82, 2.24) is 0 Å². The first-order chi connectivity index (χ1) is 12.8. The van der Waals surface area contributed by atoms with E-state index in [4.69, 9.17) is 15.8 Å². The van der Waals surface area contributed by atoms with Crippen LogP contribution in [0.2, 0.25) is 6.32 Å². The number of hydrogen-bond acceptors (Lipinski definition) is 3. The molecule has 7 heteroatoms. The molecular weight excluding hydrogens is 354 g/mol. The van der Waals surface area contributed by atoms with Crippen molar-refractivity contribution in [1.29, 1.82) is 0 Å². The van der Waals surface area contributed by atoms with E-state index >= 15 is 0 Å². The molecule has 2 rings (SSSR count). The third-order valence-corrected chi connectivity index (χ3v) is 5.74. The number of benzene rings is 1. The molecule has 4 N–H and O–H groups in total. The lowest BCUT2D eigenvalue weighted by Gasteiger charge is -2.39. The van der Waals surface area contributed by atoms with Gasteiger partial charge in [-0.05, 0) is 68.0 Å². The van der Waals surface area contributed by atoms with E-state index < -0.39 is 18.9 Å². The molecule has 0 bridgehead atoms. The van der Waals surface area contributed by atoms with Gasteiger partial charge in [0.15, 0.2) is 0 Å². The summed E-state index contributed by atoms with van der Waals surface area (Å²) in [5.74, 6) is 1.32. The summed E-state index contributed by atoms with van der Waals surface area (Å²) in [6.07, 6.45) is 5.26. The van der Waals surface area contributed by atoms with Crippen molar-refractivity contribution in [2.45, 2.75) is 76.3 Å². The molecule has 0 amide bonds. The molecule has 27 heavy (non-hydrogen) atoms. The van der Waals surface area contributed by atoms with E-state index in [-0.39, 0.29) is 6.04 Å². The second-order valence-corrected chi connectivity index (χ2v) is 7.97. The fraction of sp³-hybridized carbons (Fsp3) is 0.700. The summed E-state index contributed by atoms with van der Waals surface area (Å²) >= 11 is 0. The number of halogens is 3. The predicted molar refractivity (Wildman–Crippen MR) is 102 cm³/mol. The minimum absolute atomic E-state index is 0.212. The largest absolute Gasteiger partial charge is 0.451 e. The van der Waals surface area contributed by atoms with Gasteiger partial charge in [-0.3, -0.25) is 0 Å². The molecule has 0 saturated heterocycles. The normalized spacial score (nSPS) is 21.0. The maximum Gasteiger partial charge on any atom is 0.451 e. The van der Waals surface area contributed by atoms with Crippen molar-refractivity contribution in [3.8, 4) is 0 Å². The molecule has 1 aromatic rings. The third kappa shape index (κ3) is 7.84. The van der Waals surface area contributed by atoms with Crippen molar-refractivity contribution in [3.05, 3.63) is 35.4 Å². The van der Waals surface area contributed by atoms with E-state index in [1.54, 1.807) is 12.1 Å². The molecule has 3 nitrogen and oxygen atoms in total. The van der Waals surface area contributed by atoms with Crippen molar-refractivity contribution in [2.24, 2.45) is 17.6 Å². The average Bonchev–Trinajstić information content (AvgIpc) is 2.56. The lowest BCUT2D eigenvalue weighted by Crippen LogP contribution is -2.39. The van der Waals surface area contributed by atoms with E-state index in [1.165, 1.54) is 19.3 Å². The van der Waals surface area contributed by atoms with Gasteiger partial charge in [0, 0.05) is 6.04 Å². The first kappa shape index (κ1) is 22.2. The van der Waals surface area contributed by atoms with Crippen molar-refractivity contribution in [3.63, 3.8) is 0 Å². The standard InChI is InChI=1S/C20H31BF3NO2/c22-20(23,24)18-10-8-15(9-11-18)5-1-2-6-16-13-17(14-16)19(25)7-3-4-12-21(26)27/h8-11,16-17,19,26-27H,1-7,12-14,25H2. The molecular formula is C20H31BF3NO2. The van der Waals surface area contributed by atoms with Gasteiger partial charge >= 0.3 is 13.3 Å². The molecule has 1 fully saturated rings. The summed E-state index contributed by atoms with van der Waals surface area (Å²) < 4.78 is 37.6. The molecule has 0 spiro atoms. The maximum atomic E-state index is 12.5. The van der Waals surface area contributed by atoms with Crippen LogP contribution in [0.15, 0.2) is 24.3 Å². The molecule has 1 atom stereocenters. The Kier molecular flexibility index (Phi) is 8.64. The Morgan fingerprint density at radius 3 is 2.30 bits per heavy atom. The highest BCUT2D eigenvalue weighted by molar-refractivity contribution is 6.40. The number of aryl methyl sites for hydroxylation is 1. The Labute approximate surface area is 160 Å². The Hall–Kier alpha value is -1.05. The van der Waals surface area contributed by atoms with Crippen LogP contribution in [0.3, 0.4) is 0 Å². The number of unbranched alkanes of at least 4 members (excludes halogenated alkanes) is 2. The summed E-state index contributed by atoms with van der Waals surface area (Å²) in [4.78, 5) is 0. The molecule has 0 radical (unpaired) electrons. The molecule has 1 aromatic carbocycles. The smallest absolute Gasteiger partial charge is 0.427 e. The van der Waals surface area contributed by atoms with Gasteiger partial charge in [-0.2, -0.15) is 13.2 Å². The van der Waals surface area contributed by atoms with E-state index in [1.807, 2.05) is 0 Å². The summed E-state index contributed by atoms with van der Waals surface area (Å²) in [6.45, 7) is 0. The lowest BCUT2D eigenvalue weighted by atomic mass is 9.68. The predicted octanol–water partition coefficient (Wildman–Crippen LogP) is 4.41. The van der Waals surface area contributed by atoms with Gasteiger partial charge in [-0.25, -0.2) is 0 Å². The summed E-state index contributed by atoms with van der Waals surface area (Å²) in [7, 11) is -1.21. The van der Waals surface area contributed by atoms with Gasteiger partial charge in [-0.1, -0.05) is 37.8 Å². The lowest BCUT2D eigenvalue weighted by molar-refractivity contribution is -0.137. The third-order valence-electron chi connectivity index (χ3n) is 5.74. The first-order valence-electron chi connectivity index (χ1n) is 10.0. The van der Waals surface area contributed by atoms with Crippen LogP contribution >= 0.6 is 0 Å². The van der Waals surface area contributed by atoms with Gasteiger partial charge in [-0.15, -0.1) is 0 Å². The second kappa shape index (κ2) is 10.5. The van der Waals surface area contributed by atoms with Crippen LogP contribution in [0.25, 0.3) is 0 Å². The molecule has 1 aliphatic rings. The molecule has 1 aliphatic carbocycles. The van der Waals surface area contributed by atoms with Gasteiger partial charge in [0.25, 0.3) is 0 Å². The highest BCUT2D eigenvalue weighted by Crippen LogP contribution is 2.39. The number of nitrogens with two attached hydrogens (primary N) is 1. The van der Waals surface area contributed by atoms with Gasteiger partial charge in [0.2, 0.25) is 0 Å². The zero-order valence-corrected chi connectivity index (χ0v) is 15.8. The van der Waals surface area contributed by atoms with Crippen molar-refractivity contribution >= 4 is 7.12 Å². The summed E-state index contributed by atoms with van der Waals surface area (Å²) in [5, 5.41) is 17.6. The van der Waals surface area contributed by atoms with E-state index in [9.17, 15) is 13.2 Å². The van der Waals surface area contributed by atoms with E-state index in [0.717, 1.165) is 62.1 Å². The number of hydrogen-bond donors (Lipinski definition) is 3. The van der Waals surface area contributed by atoms with Crippen LogP contribution in [0, 0.1) is 11.8 Å². The SMILES string of the molecule is NC(CCCCB(O)O)C1CC(CCCCc2ccc(C(F)(F)F)cc2)C1. The van der Waals surface area contributed by atoms with Gasteiger partial charge < -0.3 is 15.8 Å². The van der Waals surface area contributed by atoms with Crippen LogP contribution in [0.1, 0.15) is 62.5 Å². The van der Waals surface area contributed by atoms with Crippen LogP contribution in [-0.4, -0.2) is 23.2 Å². The molecule has 1 saturated carbocycles. The molecule has 0 aliphatic heterocycles. The Morgan fingerprint density at radius 2 is 1.70 bits per heavy atom. The van der Waals surface area contributed by atoms with E-state index in [0.29, 0.717) is 12.2 Å².